The smallest absolute Gasteiger partial charge is 0.263 e. The predicted molar refractivity (Wildman–Crippen MR) is 87.8 cm³/mol. The highest BCUT2D eigenvalue weighted by Crippen LogP contribution is 2.23. The molecule has 7 heteroatoms. The number of carbonyl (C=O) groups is 1. The monoisotopic (exact) mass is 335 g/mol. The van der Waals surface area contributed by atoms with E-state index >= 15 is 0 Å². The standard InChI is InChI=1S/C16H21N3O3S/c1-11-3-4-14(22-11)13(19-5-7-21-8-6-19)9-17-16(20)15-12(2)18-10-23-15/h3-4,10,13H,5-9H2,1-2H3,(H,17,20)/t13-/m0/s1. The van der Waals surface area contributed by atoms with Crippen molar-refractivity contribution in [2.75, 3.05) is 32.8 Å². The SMILES string of the molecule is Cc1ccc([C@H](CNC(=O)c2scnc2C)N2CCOCC2)o1. The first kappa shape index (κ1) is 16.2. The van der Waals surface area contributed by atoms with E-state index < -0.39 is 0 Å². The van der Waals surface area contributed by atoms with E-state index in [1.807, 2.05) is 26.0 Å². The number of ether oxygens (including phenoxy) is 1. The fourth-order valence-corrected chi connectivity index (χ4v) is 3.44. The first-order chi connectivity index (χ1) is 11.1. The van der Waals surface area contributed by atoms with E-state index in [1.165, 1.54) is 11.3 Å². The first-order valence-electron chi connectivity index (χ1n) is 7.71. The van der Waals surface area contributed by atoms with E-state index in [4.69, 9.17) is 9.15 Å². The molecule has 0 aromatic carbocycles. The number of hydrogen-bond donors (Lipinski definition) is 1. The second-order valence-electron chi connectivity index (χ2n) is 5.59. The van der Waals surface area contributed by atoms with Crippen molar-refractivity contribution in [1.82, 2.24) is 15.2 Å². The van der Waals surface area contributed by atoms with Gasteiger partial charge in [0.1, 0.15) is 16.4 Å². The topological polar surface area (TPSA) is 67.6 Å². The van der Waals surface area contributed by atoms with Crippen LogP contribution < -0.4 is 5.32 Å². The Morgan fingerprint density at radius 1 is 1.39 bits per heavy atom. The largest absolute Gasteiger partial charge is 0.465 e. The number of nitrogens with zero attached hydrogens (tertiary/aromatic N) is 2. The lowest BCUT2D eigenvalue weighted by molar-refractivity contribution is 0.0117. The molecule has 0 bridgehead atoms. The second kappa shape index (κ2) is 7.25. The van der Waals surface area contributed by atoms with Crippen LogP contribution in [0.3, 0.4) is 0 Å². The van der Waals surface area contributed by atoms with Gasteiger partial charge in [-0.2, -0.15) is 0 Å². The molecular formula is C16H21N3O3S. The van der Waals surface area contributed by atoms with Gasteiger partial charge in [0, 0.05) is 19.6 Å². The summed E-state index contributed by atoms with van der Waals surface area (Å²) in [5.74, 6) is 1.68. The van der Waals surface area contributed by atoms with Gasteiger partial charge in [0.05, 0.1) is 30.5 Å². The van der Waals surface area contributed by atoms with Crippen molar-refractivity contribution in [2.45, 2.75) is 19.9 Å². The zero-order valence-electron chi connectivity index (χ0n) is 13.4. The highest BCUT2D eigenvalue weighted by molar-refractivity contribution is 7.11. The van der Waals surface area contributed by atoms with Gasteiger partial charge in [-0.3, -0.25) is 9.69 Å². The maximum Gasteiger partial charge on any atom is 0.263 e. The van der Waals surface area contributed by atoms with Crippen LogP contribution in [-0.2, 0) is 4.74 Å². The molecule has 1 fully saturated rings. The van der Waals surface area contributed by atoms with Crippen LogP contribution in [0.25, 0.3) is 0 Å². The molecule has 124 valence electrons. The highest BCUT2D eigenvalue weighted by Gasteiger charge is 2.26. The molecule has 6 nitrogen and oxygen atoms in total. The molecule has 1 aliphatic heterocycles. The van der Waals surface area contributed by atoms with Crippen molar-refractivity contribution in [3.63, 3.8) is 0 Å². The summed E-state index contributed by atoms with van der Waals surface area (Å²) in [5, 5.41) is 3.02. The van der Waals surface area contributed by atoms with E-state index in [-0.39, 0.29) is 11.9 Å². The number of aryl methyl sites for hydroxylation is 2. The number of thiazole rings is 1. The quantitative estimate of drug-likeness (QED) is 0.907. The van der Waals surface area contributed by atoms with Crippen LogP contribution >= 0.6 is 11.3 Å². The minimum absolute atomic E-state index is 0.0183. The number of nitrogens with one attached hydrogen (secondary N) is 1. The number of aromatic nitrogens is 1. The van der Waals surface area contributed by atoms with Crippen molar-refractivity contribution < 1.29 is 13.9 Å². The molecule has 2 aromatic heterocycles. The average molecular weight is 335 g/mol. The summed E-state index contributed by atoms with van der Waals surface area (Å²) >= 11 is 1.36. The first-order valence-corrected chi connectivity index (χ1v) is 8.59. The van der Waals surface area contributed by atoms with Crippen LogP contribution in [0.1, 0.15) is 32.9 Å². The molecule has 3 heterocycles. The maximum atomic E-state index is 12.3. The van der Waals surface area contributed by atoms with Gasteiger partial charge in [-0.05, 0) is 26.0 Å². The Morgan fingerprint density at radius 2 is 2.17 bits per heavy atom. The molecule has 23 heavy (non-hydrogen) atoms. The molecule has 1 N–H and O–H groups in total. The Morgan fingerprint density at radius 3 is 2.78 bits per heavy atom. The molecule has 0 spiro atoms. The van der Waals surface area contributed by atoms with Gasteiger partial charge in [-0.15, -0.1) is 11.3 Å². The number of furan rings is 1. The highest BCUT2D eigenvalue weighted by atomic mass is 32.1. The zero-order valence-corrected chi connectivity index (χ0v) is 14.2. The molecule has 0 aliphatic carbocycles. The van der Waals surface area contributed by atoms with Crippen molar-refractivity contribution in [1.29, 1.82) is 0 Å². The Labute approximate surface area is 139 Å². The zero-order chi connectivity index (χ0) is 16.2. The molecule has 1 amide bonds. The van der Waals surface area contributed by atoms with E-state index in [1.54, 1.807) is 5.51 Å². The summed E-state index contributed by atoms with van der Waals surface area (Å²) < 4.78 is 11.2. The van der Waals surface area contributed by atoms with Crippen molar-refractivity contribution in [2.24, 2.45) is 0 Å². The second-order valence-corrected chi connectivity index (χ2v) is 6.44. The van der Waals surface area contributed by atoms with Crippen LogP contribution in [0.2, 0.25) is 0 Å². The van der Waals surface area contributed by atoms with Gasteiger partial charge in [-0.1, -0.05) is 0 Å². The molecule has 0 unspecified atom stereocenters. The summed E-state index contributed by atoms with van der Waals surface area (Å²) in [6, 6.07) is 3.96. The number of amides is 1. The van der Waals surface area contributed by atoms with Gasteiger partial charge in [0.15, 0.2) is 0 Å². The predicted octanol–water partition coefficient (Wildman–Crippen LogP) is 2.16. The Kier molecular flexibility index (Phi) is 5.09. The summed E-state index contributed by atoms with van der Waals surface area (Å²) in [4.78, 5) is 19.4. The van der Waals surface area contributed by atoms with Crippen LogP contribution in [0.4, 0.5) is 0 Å². The van der Waals surface area contributed by atoms with Gasteiger partial charge in [0.2, 0.25) is 0 Å². The fourth-order valence-electron chi connectivity index (χ4n) is 2.72. The molecule has 1 atom stereocenters. The van der Waals surface area contributed by atoms with Gasteiger partial charge >= 0.3 is 0 Å². The summed E-state index contributed by atoms with van der Waals surface area (Å²) in [5.41, 5.74) is 2.46. The molecule has 3 rings (SSSR count). The third-order valence-electron chi connectivity index (χ3n) is 3.98. The fraction of sp³-hybridized carbons (Fsp3) is 0.500. The normalized spacial score (nSPS) is 17.1. The maximum absolute atomic E-state index is 12.3. The lowest BCUT2D eigenvalue weighted by Gasteiger charge is -2.33. The molecular weight excluding hydrogens is 314 g/mol. The van der Waals surface area contributed by atoms with E-state index in [0.29, 0.717) is 24.6 Å². The van der Waals surface area contributed by atoms with Gasteiger partial charge < -0.3 is 14.5 Å². The van der Waals surface area contributed by atoms with Crippen molar-refractivity contribution in [3.05, 3.63) is 39.7 Å². The molecule has 0 saturated carbocycles. The lowest BCUT2D eigenvalue weighted by Crippen LogP contribution is -2.43. The average Bonchev–Trinajstić information content (AvgIpc) is 3.17. The summed E-state index contributed by atoms with van der Waals surface area (Å²) in [6.45, 7) is 7.36. The number of hydrogen-bond acceptors (Lipinski definition) is 6. The van der Waals surface area contributed by atoms with Crippen molar-refractivity contribution in [3.8, 4) is 0 Å². The summed E-state index contributed by atoms with van der Waals surface area (Å²) in [7, 11) is 0. The Balaban J connectivity index is 1.71. The summed E-state index contributed by atoms with van der Waals surface area (Å²) in [6.07, 6.45) is 0. The minimum atomic E-state index is -0.0773. The third-order valence-corrected chi connectivity index (χ3v) is 4.91. The van der Waals surface area contributed by atoms with Crippen LogP contribution in [0.15, 0.2) is 22.1 Å². The molecule has 1 saturated heterocycles. The van der Waals surface area contributed by atoms with E-state index in [2.05, 4.69) is 15.2 Å². The lowest BCUT2D eigenvalue weighted by atomic mass is 10.1. The van der Waals surface area contributed by atoms with E-state index in [0.717, 1.165) is 30.3 Å². The van der Waals surface area contributed by atoms with Crippen molar-refractivity contribution >= 4 is 17.2 Å². The van der Waals surface area contributed by atoms with Gasteiger partial charge in [-0.25, -0.2) is 4.98 Å². The minimum Gasteiger partial charge on any atom is -0.465 e. The Bertz CT molecular complexity index is 661. The molecule has 1 aliphatic rings. The van der Waals surface area contributed by atoms with Crippen LogP contribution in [0.5, 0.6) is 0 Å². The van der Waals surface area contributed by atoms with E-state index in [9.17, 15) is 4.79 Å². The number of carbonyl (C=O) groups excluding carboxylic acids is 1. The molecule has 0 radical (unpaired) electrons. The number of rotatable bonds is 5. The number of morpholine rings is 1. The van der Waals surface area contributed by atoms with Crippen LogP contribution in [0, 0.1) is 13.8 Å². The van der Waals surface area contributed by atoms with Crippen LogP contribution in [-0.4, -0.2) is 48.6 Å². The third kappa shape index (κ3) is 3.80. The Hall–Kier alpha value is -1.70. The molecule has 2 aromatic rings. The van der Waals surface area contributed by atoms with Gasteiger partial charge in [0.25, 0.3) is 5.91 Å².